The van der Waals surface area contributed by atoms with Crippen LogP contribution >= 0.6 is 25.3 Å². The Hall–Kier alpha value is -0.290. The first-order chi connectivity index (χ1) is 4.99. The summed E-state index contributed by atoms with van der Waals surface area (Å²) in [6.45, 7) is 1.14. The number of carbonyl (C=O) groups is 3. The molecule has 0 aromatic rings. The van der Waals surface area contributed by atoms with Gasteiger partial charge in [0.25, 0.3) is 0 Å². The van der Waals surface area contributed by atoms with Crippen LogP contribution in [-0.4, -0.2) is 28.4 Å². The van der Waals surface area contributed by atoms with Gasteiger partial charge in [-0.2, -0.15) is 12.6 Å². The molecule has 0 spiro atoms. The third kappa shape index (κ3) is 2.07. The molecule has 62 valence electrons. The van der Waals surface area contributed by atoms with Crippen molar-refractivity contribution in [1.82, 2.24) is 0 Å². The fourth-order valence-electron chi connectivity index (χ4n) is 0.466. The van der Waals surface area contributed by atoms with Crippen molar-refractivity contribution in [1.29, 1.82) is 0 Å². The molecule has 5 heteroatoms. The fourth-order valence-corrected chi connectivity index (χ4v) is 0.919. The van der Waals surface area contributed by atoms with Gasteiger partial charge in [0.05, 0.1) is 5.75 Å². The van der Waals surface area contributed by atoms with Gasteiger partial charge in [-0.25, -0.2) is 0 Å². The first kappa shape index (κ1) is 10.7. The topological polar surface area (TPSA) is 51.2 Å². The second-order valence-electron chi connectivity index (χ2n) is 2.02. The molecule has 0 saturated carbocycles. The van der Waals surface area contributed by atoms with Crippen molar-refractivity contribution in [3.05, 3.63) is 0 Å². The van der Waals surface area contributed by atoms with Gasteiger partial charge in [-0.1, -0.05) is 0 Å². The molecule has 0 fully saturated rings. The van der Waals surface area contributed by atoms with E-state index in [0.717, 1.165) is 6.92 Å². The summed E-state index contributed by atoms with van der Waals surface area (Å²) in [6, 6.07) is 0. The zero-order valence-electron chi connectivity index (χ0n) is 5.90. The standard InChI is InChI=1S/C6H8O3S2/c1-4(8)6(11,3-7)5(9)2-10/h3,10-11H,2H2,1H3/t6-/m0/s1. The summed E-state index contributed by atoms with van der Waals surface area (Å²) < 4.78 is -1.79. The molecule has 0 aromatic heterocycles. The number of ketones is 2. The van der Waals surface area contributed by atoms with Crippen LogP contribution in [0.15, 0.2) is 0 Å². The molecular weight excluding hydrogens is 184 g/mol. The number of rotatable bonds is 4. The average Bonchev–Trinajstić information content (AvgIpc) is 2.01. The van der Waals surface area contributed by atoms with E-state index in [1.165, 1.54) is 0 Å². The van der Waals surface area contributed by atoms with Crippen LogP contribution in [0, 0.1) is 0 Å². The molecule has 0 aromatic carbocycles. The highest BCUT2D eigenvalue weighted by Gasteiger charge is 2.37. The number of hydrogen-bond acceptors (Lipinski definition) is 5. The molecule has 0 unspecified atom stereocenters. The lowest BCUT2D eigenvalue weighted by molar-refractivity contribution is -0.131. The quantitative estimate of drug-likeness (QED) is 0.373. The maximum absolute atomic E-state index is 10.9. The van der Waals surface area contributed by atoms with E-state index in [-0.39, 0.29) is 12.0 Å². The molecular formula is C6H8O3S2. The third-order valence-electron chi connectivity index (χ3n) is 1.28. The van der Waals surface area contributed by atoms with Gasteiger partial charge in [-0.15, -0.1) is 12.6 Å². The second kappa shape index (κ2) is 3.92. The molecule has 11 heavy (non-hydrogen) atoms. The Morgan fingerprint density at radius 3 is 2.09 bits per heavy atom. The Morgan fingerprint density at radius 1 is 1.55 bits per heavy atom. The Morgan fingerprint density at radius 2 is 2.00 bits per heavy atom. The van der Waals surface area contributed by atoms with Crippen LogP contribution in [0.25, 0.3) is 0 Å². The van der Waals surface area contributed by atoms with Crippen molar-refractivity contribution in [3.63, 3.8) is 0 Å². The molecule has 0 radical (unpaired) electrons. The lowest BCUT2D eigenvalue weighted by Gasteiger charge is -2.14. The minimum atomic E-state index is -1.79. The van der Waals surface area contributed by atoms with E-state index >= 15 is 0 Å². The van der Waals surface area contributed by atoms with Crippen molar-refractivity contribution in [2.45, 2.75) is 11.7 Å². The highest BCUT2D eigenvalue weighted by molar-refractivity contribution is 7.85. The van der Waals surface area contributed by atoms with Gasteiger partial charge < -0.3 is 4.79 Å². The zero-order chi connectivity index (χ0) is 9.07. The summed E-state index contributed by atoms with van der Waals surface area (Å²) in [5, 5.41) is 0. The molecule has 0 N–H and O–H groups in total. The maximum Gasteiger partial charge on any atom is 0.185 e. The highest BCUT2D eigenvalue weighted by Crippen LogP contribution is 2.14. The van der Waals surface area contributed by atoms with E-state index < -0.39 is 16.3 Å². The first-order valence-corrected chi connectivity index (χ1v) is 3.91. The van der Waals surface area contributed by atoms with Crippen LogP contribution in [-0.2, 0) is 14.4 Å². The Labute approximate surface area is 75.4 Å². The van der Waals surface area contributed by atoms with Crippen molar-refractivity contribution in [3.8, 4) is 0 Å². The van der Waals surface area contributed by atoms with E-state index in [0.29, 0.717) is 0 Å². The van der Waals surface area contributed by atoms with Crippen LogP contribution in [0.4, 0.5) is 0 Å². The summed E-state index contributed by atoms with van der Waals surface area (Å²) in [7, 11) is 0. The summed E-state index contributed by atoms with van der Waals surface area (Å²) in [4.78, 5) is 32.0. The Bertz CT molecular complexity index is 202. The number of Topliss-reactive ketones (excluding diaryl/α,β-unsaturated/α-hetero) is 2. The summed E-state index contributed by atoms with van der Waals surface area (Å²) in [5.41, 5.74) is 0. The molecule has 0 aliphatic carbocycles. The van der Waals surface area contributed by atoms with Crippen LogP contribution in [0.1, 0.15) is 6.92 Å². The van der Waals surface area contributed by atoms with Crippen LogP contribution in [0.5, 0.6) is 0 Å². The van der Waals surface area contributed by atoms with E-state index in [9.17, 15) is 14.4 Å². The number of aldehydes is 1. The van der Waals surface area contributed by atoms with E-state index in [1.54, 1.807) is 0 Å². The monoisotopic (exact) mass is 192 g/mol. The number of hydrogen-bond donors (Lipinski definition) is 2. The van der Waals surface area contributed by atoms with E-state index in [1.807, 2.05) is 0 Å². The molecule has 0 amide bonds. The van der Waals surface area contributed by atoms with Gasteiger partial charge >= 0.3 is 0 Å². The molecule has 0 aliphatic heterocycles. The molecule has 0 bridgehead atoms. The van der Waals surface area contributed by atoms with E-state index in [4.69, 9.17) is 0 Å². The maximum atomic E-state index is 10.9. The van der Waals surface area contributed by atoms with Gasteiger partial charge in [0, 0.05) is 0 Å². The first-order valence-electron chi connectivity index (χ1n) is 2.83. The second-order valence-corrected chi connectivity index (χ2v) is 3.04. The Balaban J connectivity index is 4.74. The zero-order valence-corrected chi connectivity index (χ0v) is 7.69. The lowest BCUT2D eigenvalue weighted by atomic mass is 10.0. The molecule has 1 atom stereocenters. The van der Waals surface area contributed by atoms with E-state index in [2.05, 4.69) is 25.3 Å². The highest BCUT2D eigenvalue weighted by atomic mass is 32.1. The number of thiol groups is 2. The average molecular weight is 192 g/mol. The van der Waals surface area contributed by atoms with Gasteiger partial charge in [0.15, 0.2) is 22.6 Å². The minimum absolute atomic E-state index is 0.165. The molecule has 0 heterocycles. The lowest BCUT2D eigenvalue weighted by Crippen LogP contribution is -2.42. The molecule has 0 rings (SSSR count). The van der Waals surface area contributed by atoms with Crippen molar-refractivity contribution in [2.75, 3.05) is 5.75 Å². The smallest absolute Gasteiger partial charge is 0.185 e. The van der Waals surface area contributed by atoms with Gasteiger partial charge in [0.1, 0.15) is 0 Å². The molecule has 0 aliphatic rings. The van der Waals surface area contributed by atoms with Gasteiger partial charge in [0.2, 0.25) is 0 Å². The molecule has 3 nitrogen and oxygen atoms in total. The largest absolute Gasteiger partial charge is 0.301 e. The van der Waals surface area contributed by atoms with Crippen molar-refractivity contribution >= 4 is 43.1 Å². The summed E-state index contributed by atoms with van der Waals surface area (Å²) in [5.74, 6) is -1.33. The summed E-state index contributed by atoms with van der Waals surface area (Å²) >= 11 is 7.32. The predicted molar refractivity (Wildman–Crippen MR) is 47.3 cm³/mol. The normalized spacial score (nSPS) is 15.2. The van der Waals surface area contributed by atoms with Crippen molar-refractivity contribution in [2.24, 2.45) is 0 Å². The van der Waals surface area contributed by atoms with Crippen LogP contribution in [0.2, 0.25) is 0 Å². The van der Waals surface area contributed by atoms with Gasteiger partial charge in [-0.3, -0.25) is 9.59 Å². The summed E-state index contributed by atoms with van der Waals surface area (Å²) in [6.07, 6.45) is 0.233. The Kier molecular flexibility index (Phi) is 3.82. The predicted octanol–water partition coefficient (Wildman–Crippen LogP) is -0.0582. The van der Waals surface area contributed by atoms with Crippen LogP contribution in [0.3, 0.4) is 0 Å². The van der Waals surface area contributed by atoms with Crippen molar-refractivity contribution < 1.29 is 14.4 Å². The van der Waals surface area contributed by atoms with Crippen LogP contribution < -0.4 is 0 Å². The molecule has 0 saturated heterocycles. The fraction of sp³-hybridized carbons (Fsp3) is 0.500. The number of carbonyl (C=O) groups excluding carboxylic acids is 3. The minimum Gasteiger partial charge on any atom is -0.301 e. The third-order valence-corrected chi connectivity index (χ3v) is 2.23. The SMILES string of the molecule is CC(=O)[C@@](S)(C=O)C(=O)CS. The van der Waals surface area contributed by atoms with Gasteiger partial charge in [-0.05, 0) is 6.92 Å².